The molecule has 0 unspecified atom stereocenters. The Morgan fingerprint density at radius 2 is 2.06 bits per heavy atom. The highest BCUT2D eigenvalue weighted by Gasteiger charge is 2.20. The first-order valence-corrected chi connectivity index (χ1v) is 6.27. The van der Waals surface area contributed by atoms with Crippen molar-refractivity contribution in [1.29, 1.82) is 0 Å². The molecule has 2 rings (SSSR count). The number of aryl methyl sites for hydroxylation is 1. The molecule has 1 heterocycles. The molecule has 0 spiro atoms. The second-order valence-corrected chi connectivity index (χ2v) is 4.69. The number of aliphatic carboxylic acids is 1. The molecule has 1 aromatic rings. The fourth-order valence-electron chi connectivity index (χ4n) is 1.97. The maximum atomic E-state index is 10.3. The van der Waals surface area contributed by atoms with E-state index in [9.17, 15) is 4.79 Å². The van der Waals surface area contributed by atoms with Crippen LogP contribution in [0.15, 0.2) is 4.42 Å². The average Bonchev–Trinajstić information content (AvgIpc) is 2.66. The zero-order valence-electron chi connectivity index (χ0n) is 9.89. The molecular formula is C12H18N2O3. The lowest BCUT2D eigenvalue weighted by Gasteiger charge is -2.23. The van der Waals surface area contributed by atoms with Gasteiger partial charge < -0.3 is 9.52 Å². The minimum Gasteiger partial charge on any atom is -0.481 e. The van der Waals surface area contributed by atoms with Gasteiger partial charge in [0.25, 0.3) is 0 Å². The zero-order chi connectivity index (χ0) is 12.1. The molecule has 5 heteroatoms. The number of carboxylic acid groups (broad SMARTS) is 1. The van der Waals surface area contributed by atoms with Crippen LogP contribution in [-0.2, 0) is 17.6 Å². The van der Waals surface area contributed by atoms with Crippen LogP contribution in [0.1, 0.15) is 50.3 Å². The van der Waals surface area contributed by atoms with Gasteiger partial charge in [0.2, 0.25) is 11.8 Å². The van der Waals surface area contributed by atoms with E-state index in [1.165, 1.54) is 19.3 Å². The molecule has 1 fully saturated rings. The average molecular weight is 238 g/mol. The van der Waals surface area contributed by atoms with E-state index in [4.69, 9.17) is 9.52 Å². The number of aromatic nitrogens is 2. The molecule has 1 N–H and O–H groups in total. The lowest BCUT2D eigenvalue weighted by Crippen LogP contribution is -2.13. The van der Waals surface area contributed by atoms with Crippen molar-refractivity contribution in [3.8, 4) is 0 Å². The molecule has 17 heavy (non-hydrogen) atoms. The van der Waals surface area contributed by atoms with Crippen molar-refractivity contribution >= 4 is 5.97 Å². The van der Waals surface area contributed by atoms with Crippen molar-refractivity contribution in [1.82, 2.24) is 10.2 Å². The predicted octanol–water partition coefficient (Wildman–Crippen LogP) is 2.21. The molecule has 0 aromatic carbocycles. The van der Waals surface area contributed by atoms with Crippen LogP contribution in [0.25, 0.3) is 0 Å². The first kappa shape index (κ1) is 12.1. The van der Waals surface area contributed by atoms with E-state index in [1.54, 1.807) is 0 Å². The highest BCUT2D eigenvalue weighted by atomic mass is 16.4. The molecule has 0 amide bonds. The van der Waals surface area contributed by atoms with Gasteiger partial charge in [0, 0.05) is 19.3 Å². The number of unbranched alkanes of at least 4 members (excludes halogenated alkanes) is 1. The quantitative estimate of drug-likeness (QED) is 0.737. The lowest BCUT2D eigenvalue weighted by molar-refractivity contribution is -0.137. The fourth-order valence-corrected chi connectivity index (χ4v) is 1.97. The number of rotatable bonds is 7. The molecule has 0 aliphatic heterocycles. The fraction of sp³-hybridized carbons (Fsp3) is 0.750. The Morgan fingerprint density at radius 1 is 1.29 bits per heavy atom. The van der Waals surface area contributed by atoms with E-state index in [-0.39, 0.29) is 6.42 Å². The third-order valence-corrected chi connectivity index (χ3v) is 3.23. The van der Waals surface area contributed by atoms with Gasteiger partial charge in [-0.3, -0.25) is 4.79 Å². The summed E-state index contributed by atoms with van der Waals surface area (Å²) in [6.07, 6.45) is 7.12. The summed E-state index contributed by atoms with van der Waals surface area (Å²) >= 11 is 0. The smallest absolute Gasteiger partial charge is 0.303 e. The summed E-state index contributed by atoms with van der Waals surface area (Å²) in [5.41, 5.74) is 0. The second-order valence-electron chi connectivity index (χ2n) is 4.69. The lowest BCUT2D eigenvalue weighted by atomic mass is 9.83. The van der Waals surface area contributed by atoms with Crippen molar-refractivity contribution in [3.05, 3.63) is 11.8 Å². The first-order valence-electron chi connectivity index (χ1n) is 6.27. The van der Waals surface area contributed by atoms with Crippen molar-refractivity contribution in [2.75, 3.05) is 0 Å². The molecule has 0 radical (unpaired) electrons. The Kier molecular flexibility index (Phi) is 4.12. The van der Waals surface area contributed by atoms with E-state index in [0.29, 0.717) is 18.7 Å². The zero-order valence-corrected chi connectivity index (χ0v) is 9.89. The molecule has 0 saturated heterocycles. The molecule has 1 aliphatic rings. The number of hydrogen-bond acceptors (Lipinski definition) is 4. The molecule has 5 nitrogen and oxygen atoms in total. The largest absolute Gasteiger partial charge is 0.481 e. The van der Waals surface area contributed by atoms with Crippen LogP contribution in [0.2, 0.25) is 0 Å². The first-order chi connectivity index (χ1) is 8.24. The molecule has 1 saturated carbocycles. The van der Waals surface area contributed by atoms with Crippen LogP contribution in [0.3, 0.4) is 0 Å². The maximum absolute atomic E-state index is 10.3. The summed E-state index contributed by atoms with van der Waals surface area (Å²) < 4.78 is 5.53. The highest BCUT2D eigenvalue weighted by Crippen LogP contribution is 2.29. The third kappa shape index (κ3) is 3.84. The molecule has 1 aromatic heterocycles. The highest BCUT2D eigenvalue weighted by molar-refractivity contribution is 5.66. The van der Waals surface area contributed by atoms with Gasteiger partial charge in [-0.1, -0.05) is 6.42 Å². The van der Waals surface area contributed by atoms with Crippen molar-refractivity contribution in [2.45, 2.75) is 51.4 Å². The Hall–Kier alpha value is -1.39. The standard InChI is InChI=1S/C12H18N2O3/c15-12(16)7-2-1-6-10-13-14-11(17-10)8-9-4-3-5-9/h9H,1-8H2,(H,15,16). The van der Waals surface area contributed by atoms with E-state index < -0.39 is 5.97 Å². The van der Waals surface area contributed by atoms with Gasteiger partial charge in [-0.25, -0.2) is 0 Å². The summed E-state index contributed by atoms with van der Waals surface area (Å²) in [7, 11) is 0. The van der Waals surface area contributed by atoms with Gasteiger partial charge in [-0.05, 0) is 31.6 Å². The van der Waals surface area contributed by atoms with Crippen LogP contribution in [0, 0.1) is 5.92 Å². The Labute approximate surface area is 100 Å². The molecular weight excluding hydrogens is 220 g/mol. The summed E-state index contributed by atoms with van der Waals surface area (Å²) in [5.74, 6) is 1.36. The number of carbonyl (C=O) groups is 1. The number of hydrogen-bond donors (Lipinski definition) is 1. The molecule has 94 valence electrons. The van der Waals surface area contributed by atoms with Gasteiger partial charge in [0.1, 0.15) is 0 Å². The molecule has 1 aliphatic carbocycles. The minimum absolute atomic E-state index is 0.211. The summed E-state index contributed by atoms with van der Waals surface area (Å²) in [5, 5.41) is 16.5. The van der Waals surface area contributed by atoms with E-state index in [2.05, 4.69) is 10.2 Å². The summed E-state index contributed by atoms with van der Waals surface area (Å²) in [6.45, 7) is 0. The maximum Gasteiger partial charge on any atom is 0.303 e. The van der Waals surface area contributed by atoms with E-state index in [0.717, 1.165) is 24.7 Å². The van der Waals surface area contributed by atoms with Crippen LogP contribution in [0.4, 0.5) is 0 Å². The second kappa shape index (κ2) is 5.80. The Bertz CT molecular complexity index is 372. The minimum atomic E-state index is -0.749. The van der Waals surface area contributed by atoms with Crippen LogP contribution in [0.5, 0.6) is 0 Å². The van der Waals surface area contributed by atoms with E-state index >= 15 is 0 Å². The van der Waals surface area contributed by atoms with Gasteiger partial charge >= 0.3 is 5.97 Å². The van der Waals surface area contributed by atoms with Crippen LogP contribution >= 0.6 is 0 Å². The van der Waals surface area contributed by atoms with Gasteiger partial charge in [0.15, 0.2) is 0 Å². The number of carboxylic acids is 1. The van der Waals surface area contributed by atoms with Crippen LogP contribution in [-0.4, -0.2) is 21.3 Å². The summed E-state index contributed by atoms with van der Waals surface area (Å²) in [4.78, 5) is 10.3. The number of nitrogens with zero attached hydrogens (tertiary/aromatic N) is 2. The van der Waals surface area contributed by atoms with Gasteiger partial charge in [-0.15, -0.1) is 10.2 Å². The monoisotopic (exact) mass is 238 g/mol. The third-order valence-electron chi connectivity index (χ3n) is 3.23. The molecule has 0 bridgehead atoms. The van der Waals surface area contributed by atoms with Crippen molar-refractivity contribution in [2.24, 2.45) is 5.92 Å². The Morgan fingerprint density at radius 3 is 2.71 bits per heavy atom. The van der Waals surface area contributed by atoms with Gasteiger partial charge in [0.05, 0.1) is 0 Å². The topological polar surface area (TPSA) is 76.2 Å². The predicted molar refractivity (Wildman–Crippen MR) is 60.5 cm³/mol. The molecule has 0 atom stereocenters. The SMILES string of the molecule is O=C(O)CCCCc1nnc(CC2CCC2)o1. The van der Waals surface area contributed by atoms with E-state index in [1.807, 2.05) is 0 Å². The normalized spacial score (nSPS) is 15.8. The Balaban J connectivity index is 1.68. The van der Waals surface area contributed by atoms with Crippen LogP contribution < -0.4 is 0 Å². The van der Waals surface area contributed by atoms with Crippen molar-refractivity contribution in [3.63, 3.8) is 0 Å². The summed E-state index contributed by atoms with van der Waals surface area (Å²) in [6, 6.07) is 0. The van der Waals surface area contributed by atoms with Gasteiger partial charge in [-0.2, -0.15) is 0 Å². The van der Waals surface area contributed by atoms with Crippen molar-refractivity contribution < 1.29 is 14.3 Å².